The standard InChI is InChI=1S/C9H16N4O/c1-9(2)4-3-7(14-9)5-13-6-11-8(10)12-13/h6-7H,3-5H2,1-2H3,(H2,10,12). The van der Waals surface area contributed by atoms with Crippen LogP contribution in [0.25, 0.3) is 0 Å². The van der Waals surface area contributed by atoms with Gasteiger partial charge in [-0.15, -0.1) is 5.10 Å². The van der Waals surface area contributed by atoms with Gasteiger partial charge in [-0.2, -0.15) is 0 Å². The summed E-state index contributed by atoms with van der Waals surface area (Å²) in [7, 11) is 0. The summed E-state index contributed by atoms with van der Waals surface area (Å²) < 4.78 is 7.57. The third kappa shape index (κ3) is 2.04. The number of hydrogen-bond acceptors (Lipinski definition) is 4. The Balaban J connectivity index is 1.94. The van der Waals surface area contributed by atoms with Gasteiger partial charge in [-0.3, -0.25) is 0 Å². The Morgan fingerprint density at radius 2 is 2.50 bits per heavy atom. The predicted octanol–water partition coefficient (Wildman–Crippen LogP) is 0.818. The lowest BCUT2D eigenvalue weighted by Gasteiger charge is -2.18. The number of ether oxygens (including phenoxy) is 1. The van der Waals surface area contributed by atoms with Crippen LogP contribution in [0, 0.1) is 0 Å². The summed E-state index contributed by atoms with van der Waals surface area (Å²) in [4.78, 5) is 3.87. The maximum atomic E-state index is 5.83. The average molecular weight is 196 g/mol. The van der Waals surface area contributed by atoms with Crippen LogP contribution in [0.1, 0.15) is 26.7 Å². The van der Waals surface area contributed by atoms with Gasteiger partial charge in [-0.25, -0.2) is 9.67 Å². The van der Waals surface area contributed by atoms with Crippen molar-refractivity contribution < 1.29 is 4.74 Å². The quantitative estimate of drug-likeness (QED) is 0.760. The molecule has 5 heteroatoms. The normalized spacial score (nSPS) is 25.4. The Morgan fingerprint density at radius 3 is 3.00 bits per heavy atom. The molecule has 78 valence electrons. The highest BCUT2D eigenvalue weighted by molar-refractivity contribution is 5.09. The topological polar surface area (TPSA) is 66.0 Å². The van der Waals surface area contributed by atoms with Crippen molar-refractivity contribution in [2.45, 2.75) is 44.9 Å². The van der Waals surface area contributed by atoms with Crippen LogP contribution in [0.15, 0.2) is 6.33 Å². The Bertz CT molecular complexity index is 320. The zero-order valence-electron chi connectivity index (χ0n) is 8.60. The fourth-order valence-electron chi connectivity index (χ4n) is 1.81. The summed E-state index contributed by atoms with van der Waals surface area (Å²) in [5.74, 6) is 0.322. The van der Waals surface area contributed by atoms with E-state index in [9.17, 15) is 0 Å². The molecule has 1 aromatic heterocycles. The molecule has 0 spiro atoms. The van der Waals surface area contributed by atoms with E-state index in [0.29, 0.717) is 5.95 Å². The van der Waals surface area contributed by atoms with Gasteiger partial charge in [0.1, 0.15) is 6.33 Å². The van der Waals surface area contributed by atoms with Crippen molar-refractivity contribution in [1.82, 2.24) is 14.8 Å². The van der Waals surface area contributed by atoms with Gasteiger partial charge < -0.3 is 10.5 Å². The minimum Gasteiger partial charge on any atom is -0.370 e. The first-order chi connectivity index (χ1) is 6.55. The van der Waals surface area contributed by atoms with Crippen molar-refractivity contribution in [2.75, 3.05) is 5.73 Å². The molecule has 2 N–H and O–H groups in total. The van der Waals surface area contributed by atoms with E-state index in [-0.39, 0.29) is 11.7 Å². The smallest absolute Gasteiger partial charge is 0.239 e. The number of hydrogen-bond donors (Lipinski definition) is 1. The minimum atomic E-state index is 0.0107. The van der Waals surface area contributed by atoms with E-state index in [1.807, 2.05) is 0 Å². The molecule has 1 aromatic rings. The predicted molar refractivity (Wildman–Crippen MR) is 52.6 cm³/mol. The molecule has 0 radical (unpaired) electrons. The first-order valence-corrected chi connectivity index (χ1v) is 4.88. The SMILES string of the molecule is CC1(C)CCC(Cn2cnc(N)n2)O1. The lowest BCUT2D eigenvalue weighted by atomic mass is 10.1. The maximum Gasteiger partial charge on any atom is 0.239 e. The van der Waals surface area contributed by atoms with E-state index in [1.54, 1.807) is 11.0 Å². The molecular formula is C9H16N4O. The number of anilines is 1. The molecule has 2 heterocycles. The Hall–Kier alpha value is -1.10. The zero-order chi connectivity index (χ0) is 10.2. The Kier molecular flexibility index (Phi) is 2.19. The zero-order valence-corrected chi connectivity index (χ0v) is 8.60. The van der Waals surface area contributed by atoms with E-state index in [1.165, 1.54) is 0 Å². The highest BCUT2D eigenvalue weighted by atomic mass is 16.5. The molecule has 0 aliphatic carbocycles. The second kappa shape index (κ2) is 3.24. The van der Waals surface area contributed by atoms with Gasteiger partial charge in [-0.05, 0) is 26.7 Å². The lowest BCUT2D eigenvalue weighted by molar-refractivity contribution is -0.0229. The van der Waals surface area contributed by atoms with Crippen LogP contribution in [-0.4, -0.2) is 26.5 Å². The molecule has 14 heavy (non-hydrogen) atoms. The van der Waals surface area contributed by atoms with Crippen LogP contribution in [-0.2, 0) is 11.3 Å². The molecule has 1 saturated heterocycles. The third-order valence-corrected chi connectivity index (χ3v) is 2.50. The van der Waals surface area contributed by atoms with Gasteiger partial charge in [-0.1, -0.05) is 0 Å². The average Bonchev–Trinajstić information content (AvgIpc) is 2.59. The van der Waals surface area contributed by atoms with E-state index in [0.717, 1.165) is 19.4 Å². The maximum absolute atomic E-state index is 5.83. The van der Waals surface area contributed by atoms with Crippen LogP contribution >= 0.6 is 0 Å². The van der Waals surface area contributed by atoms with Crippen molar-refractivity contribution in [3.05, 3.63) is 6.33 Å². The van der Waals surface area contributed by atoms with Crippen LogP contribution in [0.4, 0.5) is 5.95 Å². The summed E-state index contributed by atoms with van der Waals surface area (Å²) >= 11 is 0. The minimum absolute atomic E-state index is 0.0107. The number of nitrogen functional groups attached to an aromatic ring is 1. The third-order valence-electron chi connectivity index (χ3n) is 2.50. The van der Waals surface area contributed by atoms with Gasteiger partial charge in [0.15, 0.2) is 0 Å². The van der Waals surface area contributed by atoms with Gasteiger partial charge in [0, 0.05) is 0 Å². The highest BCUT2D eigenvalue weighted by Crippen LogP contribution is 2.29. The van der Waals surface area contributed by atoms with Crippen molar-refractivity contribution >= 4 is 5.95 Å². The number of rotatable bonds is 2. The summed E-state index contributed by atoms with van der Waals surface area (Å²) in [6.45, 7) is 4.97. The number of nitrogens with zero attached hydrogens (tertiary/aromatic N) is 3. The van der Waals surface area contributed by atoms with E-state index >= 15 is 0 Å². The molecule has 0 bridgehead atoms. The summed E-state index contributed by atoms with van der Waals surface area (Å²) in [6.07, 6.45) is 4.06. The summed E-state index contributed by atoms with van der Waals surface area (Å²) in [5, 5.41) is 4.03. The van der Waals surface area contributed by atoms with E-state index in [4.69, 9.17) is 10.5 Å². The highest BCUT2D eigenvalue weighted by Gasteiger charge is 2.31. The molecule has 1 aliphatic heterocycles. The van der Waals surface area contributed by atoms with E-state index in [2.05, 4.69) is 23.9 Å². The molecule has 1 atom stereocenters. The molecule has 0 amide bonds. The van der Waals surface area contributed by atoms with Crippen LogP contribution in [0.5, 0.6) is 0 Å². The van der Waals surface area contributed by atoms with Gasteiger partial charge in [0.05, 0.1) is 18.2 Å². The van der Waals surface area contributed by atoms with Crippen molar-refractivity contribution in [3.8, 4) is 0 Å². The fourth-order valence-corrected chi connectivity index (χ4v) is 1.81. The molecule has 5 nitrogen and oxygen atoms in total. The largest absolute Gasteiger partial charge is 0.370 e. The molecule has 1 fully saturated rings. The van der Waals surface area contributed by atoms with Gasteiger partial charge in [0.25, 0.3) is 0 Å². The van der Waals surface area contributed by atoms with Crippen molar-refractivity contribution in [1.29, 1.82) is 0 Å². The van der Waals surface area contributed by atoms with Crippen LogP contribution in [0.2, 0.25) is 0 Å². The summed E-state index contributed by atoms with van der Waals surface area (Å²) in [6, 6.07) is 0. The molecule has 1 aliphatic rings. The molecule has 2 rings (SSSR count). The van der Waals surface area contributed by atoms with Crippen molar-refractivity contribution in [2.24, 2.45) is 0 Å². The monoisotopic (exact) mass is 196 g/mol. The Labute approximate surface area is 83.3 Å². The number of aromatic nitrogens is 3. The molecule has 0 aromatic carbocycles. The molecular weight excluding hydrogens is 180 g/mol. The first kappa shape index (κ1) is 9.45. The fraction of sp³-hybridized carbons (Fsp3) is 0.778. The Morgan fingerprint density at radius 1 is 1.71 bits per heavy atom. The van der Waals surface area contributed by atoms with Crippen LogP contribution in [0.3, 0.4) is 0 Å². The molecule has 1 unspecified atom stereocenters. The summed E-state index contributed by atoms with van der Waals surface area (Å²) in [5.41, 5.74) is 5.43. The second-order valence-corrected chi connectivity index (χ2v) is 4.36. The first-order valence-electron chi connectivity index (χ1n) is 4.88. The van der Waals surface area contributed by atoms with Gasteiger partial charge >= 0.3 is 0 Å². The lowest BCUT2D eigenvalue weighted by Crippen LogP contribution is -2.23. The van der Waals surface area contributed by atoms with Gasteiger partial charge in [0.2, 0.25) is 5.95 Å². The molecule has 0 saturated carbocycles. The second-order valence-electron chi connectivity index (χ2n) is 4.36. The van der Waals surface area contributed by atoms with Crippen molar-refractivity contribution in [3.63, 3.8) is 0 Å². The van der Waals surface area contributed by atoms with Crippen LogP contribution < -0.4 is 5.73 Å². The van der Waals surface area contributed by atoms with E-state index < -0.39 is 0 Å². The number of nitrogens with two attached hydrogens (primary N) is 1.